The lowest BCUT2D eigenvalue weighted by molar-refractivity contribution is -0.180. The summed E-state index contributed by atoms with van der Waals surface area (Å²) in [4.78, 5) is 26.0. The molecule has 2 aliphatic carbocycles. The molecule has 2 atom stereocenters. The van der Waals surface area contributed by atoms with E-state index in [4.69, 9.17) is 9.47 Å². The highest BCUT2D eigenvalue weighted by Crippen LogP contribution is 2.47. The van der Waals surface area contributed by atoms with Crippen LogP contribution in [-0.4, -0.2) is 25.2 Å². The molecule has 4 nitrogen and oxygen atoms in total. The van der Waals surface area contributed by atoms with Crippen LogP contribution in [-0.2, 0) is 19.1 Å². The van der Waals surface area contributed by atoms with E-state index in [0.717, 1.165) is 38.5 Å². The molecule has 0 radical (unpaired) electrons. The number of ether oxygens (including phenoxy) is 2. The fourth-order valence-corrected chi connectivity index (χ4v) is 3.85. The fourth-order valence-electron chi connectivity index (χ4n) is 3.85. The van der Waals surface area contributed by atoms with E-state index < -0.39 is 17.4 Å². The van der Waals surface area contributed by atoms with E-state index in [1.807, 2.05) is 12.2 Å². The van der Waals surface area contributed by atoms with Crippen molar-refractivity contribution in [2.75, 3.05) is 13.2 Å². The molecule has 0 aromatic carbocycles. The molecule has 0 bridgehead atoms. The maximum atomic E-state index is 13.0. The molecule has 128 valence electrons. The molecule has 0 N–H and O–H groups in total. The lowest BCUT2D eigenvalue weighted by Gasteiger charge is -2.41. The normalized spacial score (nSPS) is 24.3. The number of rotatable bonds is 6. The Kier molecular flexibility index (Phi) is 6.43. The summed E-state index contributed by atoms with van der Waals surface area (Å²) in [6, 6.07) is 0. The van der Waals surface area contributed by atoms with Gasteiger partial charge in [-0.2, -0.15) is 0 Å². The van der Waals surface area contributed by atoms with Crippen LogP contribution < -0.4 is 0 Å². The number of hydrogen-bond donors (Lipinski definition) is 0. The van der Waals surface area contributed by atoms with Crippen LogP contribution in [0.2, 0.25) is 0 Å². The lowest BCUT2D eigenvalue weighted by atomic mass is 9.61. The zero-order chi connectivity index (χ0) is 16.7. The van der Waals surface area contributed by atoms with E-state index in [1.54, 1.807) is 13.8 Å². The first-order chi connectivity index (χ1) is 11.2. The quantitative estimate of drug-likeness (QED) is 0.424. The zero-order valence-corrected chi connectivity index (χ0v) is 14.3. The van der Waals surface area contributed by atoms with Gasteiger partial charge in [0.25, 0.3) is 0 Å². The van der Waals surface area contributed by atoms with Gasteiger partial charge in [-0.1, -0.05) is 24.3 Å². The SMILES string of the molecule is CCOC(=O)C(C(=O)OCC)(C1C=CCCC1)C1C=CCCC1. The largest absolute Gasteiger partial charge is 0.465 e. The minimum Gasteiger partial charge on any atom is -0.465 e. The van der Waals surface area contributed by atoms with Crippen molar-refractivity contribution < 1.29 is 19.1 Å². The number of allylic oxidation sites excluding steroid dienone is 4. The molecule has 0 aromatic heterocycles. The van der Waals surface area contributed by atoms with Gasteiger partial charge in [-0.3, -0.25) is 9.59 Å². The second-order valence-electron chi connectivity index (χ2n) is 6.24. The molecule has 0 aliphatic heterocycles. The van der Waals surface area contributed by atoms with Gasteiger partial charge in [0.2, 0.25) is 0 Å². The summed E-state index contributed by atoms with van der Waals surface area (Å²) in [5.41, 5.74) is -1.24. The maximum absolute atomic E-state index is 13.0. The number of carbonyl (C=O) groups excluding carboxylic acids is 2. The molecule has 2 rings (SSSR count). The maximum Gasteiger partial charge on any atom is 0.324 e. The molecule has 0 heterocycles. The van der Waals surface area contributed by atoms with E-state index in [9.17, 15) is 9.59 Å². The topological polar surface area (TPSA) is 52.6 Å². The van der Waals surface area contributed by atoms with Crippen molar-refractivity contribution in [1.82, 2.24) is 0 Å². The van der Waals surface area contributed by atoms with Crippen LogP contribution in [0.15, 0.2) is 24.3 Å². The van der Waals surface area contributed by atoms with Crippen LogP contribution in [0.25, 0.3) is 0 Å². The highest BCUT2D eigenvalue weighted by Gasteiger charge is 2.58. The summed E-state index contributed by atoms with van der Waals surface area (Å²) in [7, 11) is 0. The van der Waals surface area contributed by atoms with Gasteiger partial charge in [-0.05, 0) is 52.4 Å². The van der Waals surface area contributed by atoms with Crippen molar-refractivity contribution in [2.24, 2.45) is 17.3 Å². The number of carbonyl (C=O) groups is 2. The van der Waals surface area contributed by atoms with Gasteiger partial charge < -0.3 is 9.47 Å². The van der Waals surface area contributed by atoms with Crippen LogP contribution in [0.5, 0.6) is 0 Å². The van der Waals surface area contributed by atoms with Crippen LogP contribution in [0.3, 0.4) is 0 Å². The monoisotopic (exact) mass is 320 g/mol. The van der Waals surface area contributed by atoms with Gasteiger partial charge in [0.15, 0.2) is 5.41 Å². The average Bonchev–Trinajstić information content (AvgIpc) is 2.58. The van der Waals surface area contributed by atoms with Crippen molar-refractivity contribution in [3.05, 3.63) is 24.3 Å². The third kappa shape index (κ3) is 3.51. The summed E-state index contributed by atoms with van der Waals surface area (Å²) in [5, 5.41) is 0. The van der Waals surface area contributed by atoms with Crippen LogP contribution in [0.1, 0.15) is 52.4 Å². The lowest BCUT2D eigenvalue weighted by Crippen LogP contribution is -2.52. The first kappa shape index (κ1) is 17.8. The fraction of sp³-hybridized carbons (Fsp3) is 0.684. The first-order valence-corrected chi connectivity index (χ1v) is 8.85. The first-order valence-electron chi connectivity index (χ1n) is 8.85. The van der Waals surface area contributed by atoms with E-state index in [1.165, 1.54) is 0 Å². The van der Waals surface area contributed by atoms with E-state index >= 15 is 0 Å². The van der Waals surface area contributed by atoms with Gasteiger partial charge in [0, 0.05) is 11.8 Å². The van der Waals surface area contributed by atoms with Crippen molar-refractivity contribution in [2.45, 2.75) is 52.4 Å². The van der Waals surface area contributed by atoms with Gasteiger partial charge in [0.05, 0.1) is 13.2 Å². The summed E-state index contributed by atoms with van der Waals surface area (Å²) >= 11 is 0. The smallest absolute Gasteiger partial charge is 0.324 e. The predicted octanol–water partition coefficient (Wildman–Crippen LogP) is 3.81. The van der Waals surface area contributed by atoms with Crippen LogP contribution >= 0.6 is 0 Å². The van der Waals surface area contributed by atoms with Gasteiger partial charge >= 0.3 is 11.9 Å². The van der Waals surface area contributed by atoms with Gasteiger partial charge in [0.1, 0.15) is 0 Å². The van der Waals surface area contributed by atoms with Crippen molar-refractivity contribution in [3.63, 3.8) is 0 Å². The Hall–Kier alpha value is -1.58. The Bertz CT molecular complexity index is 434. The molecule has 0 saturated carbocycles. The van der Waals surface area contributed by atoms with E-state index in [2.05, 4.69) is 12.2 Å². The summed E-state index contributed by atoms with van der Waals surface area (Å²) in [6.07, 6.45) is 13.8. The molecule has 0 fully saturated rings. The van der Waals surface area contributed by atoms with E-state index in [0.29, 0.717) is 0 Å². The Morgan fingerprint density at radius 1 is 0.913 bits per heavy atom. The van der Waals surface area contributed by atoms with Crippen LogP contribution in [0, 0.1) is 17.3 Å². The Labute approximate surface area is 138 Å². The summed E-state index contributed by atoms with van der Waals surface area (Å²) in [6.45, 7) is 4.10. The van der Waals surface area contributed by atoms with Crippen LogP contribution in [0.4, 0.5) is 0 Å². The molecule has 2 unspecified atom stereocenters. The third-order valence-corrected chi connectivity index (χ3v) is 4.90. The van der Waals surface area contributed by atoms with Crippen molar-refractivity contribution in [3.8, 4) is 0 Å². The molecule has 0 spiro atoms. The standard InChI is InChI=1S/C19H28O4/c1-3-22-17(20)19(18(21)23-4-2,15-11-7-5-8-12-15)16-13-9-6-10-14-16/h7,9,11,13,15-16H,3-6,8,10,12,14H2,1-2H3. The van der Waals surface area contributed by atoms with Gasteiger partial charge in [-0.25, -0.2) is 0 Å². The highest BCUT2D eigenvalue weighted by molar-refractivity contribution is 6.01. The second-order valence-corrected chi connectivity index (χ2v) is 6.24. The van der Waals surface area contributed by atoms with Crippen molar-refractivity contribution >= 4 is 11.9 Å². The minimum absolute atomic E-state index is 0.151. The Morgan fingerprint density at radius 3 is 1.65 bits per heavy atom. The van der Waals surface area contributed by atoms with Gasteiger partial charge in [-0.15, -0.1) is 0 Å². The molecule has 0 aromatic rings. The highest BCUT2D eigenvalue weighted by atomic mass is 16.6. The summed E-state index contributed by atoms with van der Waals surface area (Å²) < 4.78 is 10.7. The molecular weight excluding hydrogens is 292 g/mol. The molecule has 23 heavy (non-hydrogen) atoms. The molecular formula is C19H28O4. The van der Waals surface area contributed by atoms with E-state index in [-0.39, 0.29) is 25.0 Å². The number of esters is 2. The molecule has 0 saturated heterocycles. The second kappa shape index (κ2) is 8.32. The molecule has 0 amide bonds. The molecule has 2 aliphatic rings. The molecule has 4 heteroatoms. The Balaban J connectivity index is 2.50. The third-order valence-electron chi connectivity index (χ3n) is 4.90. The zero-order valence-electron chi connectivity index (χ0n) is 14.3. The number of hydrogen-bond acceptors (Lipinski definition) is 4. The predicted molar refractivity (Wildman–Crippen MR) is 88.7 cm³/mol. The Morgan fingerprint density at radius 2 is 1.35 bits per heavy atom. The van der Waals surface area contributed by atoms with Crippen molar-refractivity contribution in [1.29, 1.82) is 0 Å². The minimum atomic E-state index is -1.24. The average molecular weight is 320 g/mol. The summed E-state index contributed by atoms with van der Waals surface area (Å²) in [5.74, 6) is -1.15.